The third kappa shape index (κ3) is 3.61. The van der Waals surface area contributed by atoms with Crippen molar-refractivity contribution in [3.8, 4) is 0 Å². The van der Waals surface area contributed by atoms with Gasteiger partial charge in [0.1, 0.15) is 5.82 Å². The number of hydrogen-bond acceptors (Lipinski definition) is 2. The van der Waals surface area contributed by atoms with Crippen molar-refractivity contribution in [3.63, 3.8) is 0 Å². The van der Waals surface area contributed by atoms with E-state index in [2.05, 4.69) is 15.9 Å². The van der Waals surface area contributed by atoms with Crippen LogP contribution in [-0.2, 0) is 6.54 Å². The topological polar surface area (TPSA) is 46.3 Å². The molecule has 0 aliphatic rings. The molecule has 0 saturated heterocycles. The minimum absolute atomic E-state index is 0.0649. The van der Waals surface area contributed by atoms with Crippen molar-refractivity contribution in [2.45, 2.75) is 13.5 Å². The maximum absolute atomic E-state index is 14.0. The summed E-state index contributed by atoms with van der Waals surface area (Å²) in [5.74, 6) is -0.868. The molecule has 5 heteroatoms. The van der Waals surface area contributed by atoms with Crippen molar-refractivity contribution in [1.82, 2.24) is 4.90 Å². The van der Waals surface area contributed by atoms with Crippen LogP contribution in [0.1, 0.15) is 22.8 Å². The van der Waals surface area contributed by atoms with Gasteiger partial charge in [-0.2, -0.15) is 0 Å². The number of carbonyl (C=O) groups excluding carboxylic acids is 1. The van der Waals surface area contributed by atoms with Crippen LogP contribution in [0.4, 0.5) is 10.1 Å². The highest BCUT2D eigenvalue weighted by Crippen LogP contribution is 2.21. The van der Waals surface area contributed by atoms with Crippen LogP contribution in [0, 0.1) is 5.82 Å². The second-order valence-corrected chi connectivity index (χ2v) is 5.52. The Morgan fingerprint density at radius 2 is 2.00 bits per heavy atom. The highest BCUT2D eigenvalue weighted by molar-refractivity contribution is 9.10. The van der Waals surface area contributed by atoms with Gasteiger partial charge in [-0.15, -0.1) is 0 Å². The molecule has 0 aliphatic heterocycles. The largest absolute Gasteiger partial charge is 0.399 e. The number of anilines is 1. The number of rotatable bonds is 4. The van der Waals surface area contributed by atoms with E-state index in [1.165, 1.54) is 6.07 Å². The van der Waals surface area contributed by atoms with E-state index in [4.69, 9.17) is 5.73 Å². The number of carbonyl (C=O) groups is 1. The van der Waals surface area contributed by atoms with Gasteiger partial charge in [-0.1, -0.05) is 18.2 Å². The first-order valence-corrected chi connectivity index (χ1v) is 7.40. The number of hydrogen-bond donors (Lipinski definition) is 1. The molecule has 0 saturated carbocycles. The second kappa shape index (κ2) is 6.72. The van der Waals surface area contributed by atoms with E-state index >= 15 is 0 Å². The molecule has 0 heterocycles. The first kappa shape index (κ1) is 15.5. The fourth-order valence-corrected chi connectivity index (χ4v) is 2.44. The molecule has 0 fully saturated rings. The van der Waals surface area contributed by atoms with Crippen LogP contribution in [0.2, 0.25) is 0 Å². The molecule has 0 aliphatic carbocycles. The van der Waals surface area contributed by atoms with Gasteiger partial charge >= 0.3 is 0 Å². The summed E-state index contributed by atoms with van der Waals surface area (Å²) >= 11 is 3.10. The average Bonchev–Trinajstić information content (AvgIpc) is 2.47. The molecule has 3 nitrogen and oxygen atoms in total. The predicted molar refractivity (Wildman–Crippen MR) is 85.4 cm³/mol. The second-order valence-electron chi connectivity index (χ2n) is 4.67. The lowest BCUT2D eigenvalue weighted by Crippen LogP contribution is -2.31. The first-order chi connectivity index (χ1) is 10.0. The Kier molecular flexibility index (Phi) is 4.96. The third-order valence-corrected chi connectivity index (χ3v) is 3.79. The smallest absolute Gasteiger partial charge is 0.257 e. The zero-order valence-corrected chi connectivity index (χ0v) is 13.2. The quantitative estimate of drug-likeness (QED) is 0.851. The molecule has 21 heavy (non-hydrogen) atoms. The van der Waals surface area contributed by atoms with E-state index in [1.807, 2.05) is 25.1 Å². The van der Waals surface area contributed by atoms with Crippen LogP contribution < -0.4 is 5.73 Å². The standard InChI is InChI=1S/C16H16BrFN2O/c1-2-20(10-11-5-3-6-12(19)9-11)16(21)13-7-4-8-14(17)15(13)18/h3-9H,2,10,19H2,1H3. The summed E-state index contributed by atoms with van der Waals surface area (Å²) in [5.41, 5.74) is 7.36. The van der Waals surface area contributed by atoms with Crippen molar-refractivity contribution in [2.24, 2.45) is 0 Å². The maximum atomic E-state index is 14.0. The summed E-state index contributed by atoms with van der Waals surface area (Å²) in [6.45, 7) is 2.74. The van der Waals surface area contributed by atoms with Gasteiger partial charge in [0.15, 0.2) is 0 Å². The molecule has 2 N–H and O–H groups in total. The van der Waals surface area contributed by atoms with Crippen molar-refractivity contribution in [1.29, 1.82) is 0 Å². The summed E-state index contributed by atoms with van der Waals surface area (Å²) in [6.07, 6.45) is 0. The summed E-state index contributed by atoms with van der Waals surface area (Å²) in [7, 11) is 0. The molecular formula is C16H16BrFN2O. The van der Waals surface area contributed by atoms with E-state index in [-0.39, 0.29) is 15.9 Å². The Hall–Kier alpha value is -1.88. The molecule has 2 aromatic rings. The Balaban J connectivity index is 2.25. The molecule has 0 radical (unpaired) electrons. The van der Waals surface area contributed by atoms with E-state index < -0.39 is 5.82 Å². The van der Waals surface area contributed by atoms with Gasteiger partial charge < -0.3 is 10.6 Å². The number of benzene rings is 2. The highest BCUT2D eigenvalue weighted by atomic mass is 79.9. The predicted octanol–water partition coefficient (Wildman–Crippen LogP) is 3.83. The molecule has 2 aromatic carbocycles. The summed E-state index contributed by atoms with van der Waals surface area (Å²) < 4.78 is 14.3. The molecule has 0 bridgehead atoms. The zero-order valence-electron chi connectivity index (χ0n) is 11.6. The van der Waals surface area contributed by atoms with Gasteiger partial charge in [0.25, 0.3) is 5.91 Å². The van der Waals surface area contributed by atoms with Crippen molar-refractivity contribution < 1.29 is 9.18 Å². The van der Waals surface area contributed by atoms with Crippen LogP contribution >= 0.6 is 15.9 Å². The van der Waals surface area contributed by atoms with Crippen molar-refractivity contribution in [3.05, 3.63) is 63.9 Å². The lowest BCUT2D eigenvalue weighted by Gasteiger charge is -2.21. The molecule has 0 unspecified atom stereocenters. The van der Waals surface area contributed by atoms with Gasteiger partial charge in [-0.25, -0.2) is 4.39 Å². The fourth-order valence-electron chi connectivity index (χ4n) is 2.08. The first-order valence-electron chi connectivity index (χ1n) is 6.60. The molecule has 0 atom stereocenters. The van der Waals surface area contributed by atoms with E-state index in [1.54, 1.807) is 23.1 Å². The number of amides is 1. The Morgan fingerprint density at radius 1 is 1.29 bits per heavy atom. The lowest BCUT2D eigenvalue weighted by atomic mass is 10.1. The molecule has 0 aromatic heterocycles. The Morgan fingerprint density at radius 3 is 2.67 bits per heavy atom. The minimum Gasteiger partial charge on any atom is -0.399 e. The van der Waals surface area contributed by atoms with E-state index in [9.17, 15) is 9.18 Å². The van der Waals surface area contributed by atoms with Crippen LogP contribution in [0.15, 0.2) is 46.9 Å². The van der Waals surface area contributed by atoms with Gasteiger partial charge in [0, 0.05) is 18.8 Å². The van der Waals surface area contributed by atoms with E-state index in [0.29, 0.717) is 18.8 Å². The maximum Gasteiger partial charge on any atom is 0.257 e. The Bertz CT molecular complexity index is 660. The molecule has 2 rings (SSSR count). The number of nitrogens with zero attached hydrogens (tertiary/aromatic N) is 1. The molecule has 110 valence electrons. The SMILES string of the molecule is CCN(Cc1cccc(N)c1)C(=O)c1cccc(Br)c1F. The van der Waals surface area contributed by atoms with Crippen LogP contribution in [0.5, 0.6) is 0 Å². The van der Waals surface area contributed by atoms with Gasteiger partial charge in [-0.3, -0.25) is 4.79 Å². The summed E-state index contributed by atoms with van der Waals surface area (Å²) in [6, 6.07) is 12.0. The zero-order chi connectivity index (χ0) is 15.4. The van der Waals surface area contributed by atoms with Gasteiger partial charge in [0.05, 0.1) is 10.0 Å². The Labute approximate surface area is 131 Å². The van der Waals surface area contributed by atoms with Crippen LogP contribution in [-0.4, -0.2) is 17.4 Å². The third-order valence-electron chi connectivity index (χ3n) is 3.18. The minimum atomic E-state index is -0.534. The molecular weight excluding hydrogens is 335 g/mol. The molecule has 0 spiro atoms. The molecule has 1 amide bonds. The lowest BCUT2D eigenvalue weighted by molar-refractivity contribution is 0.0747. The van der Waals surface area contributed by atoms with Crippen molar-refractivity contribution in [2.75, 3.05) is 12.3 Å². The van der Waals surface area contributed by atoms with Crippen LogP contribution in [0.3, 0.4) is 0 Å². The van der Waals surface area contributed by atoms with E-state index in [0.717, 1.165) is 5.56 Å². The van der Waals surface area contributed by atoms with Gasteiger partial charge in [-0.05, 0) is 52.7 Å². The fraction of sp³-hybridized carbons (Fsp3) is 0.188. The van der Waals surface area contributed by atoms with Crippen molar-refractivity contribution >= 4 is 27.5 Å². The number of nitrogens with two attached hydrogens (primary N) is 1. The summed E-state index contributed by atoms with van der Waals surface area (Å²) in [4.78, 5) is 14.1. The highest BCUT2D eigenvalue weighted by Gasteiger charge is 2.19. The number of nitrogen functional groups attached to an aromatic ring is 1. The number of halogens is 2. The van der Waals surface area contributed by atoms with Gasteiger partial charge in [0.2, 0.25) is 0 Å². The normalized spacial score (nSPS) is 10.4. The van der Waals surface area contributed by atoms with Crippen LogP contribution in [0.25, 0.3) is 0 Å². The summed E-state index contributed by atoms with van der Waals surface area (Å²) in [5, 5.41) is 0. The average molecular weight is 351 g/mol. The monoisotopic (exact) mass is 350 g/mol.